The summed E-state index contributed by atoms with van der Waals surface area (Å²) >= 11 is 0. The SMILES string of the molecule is N#Cc1ccc(-c2ccc(-n3c4ccccc4c4cc(-c5ccccc5C#N)ccc43)c(-c3ccc(-n4c5ccccc5c5cc(-c6ccccc6C#N)ccc54)c(-c4nc(-c5ccccc5)nc(-c5ccccc5)n4)c3)c2)cc1. The fourth-order valence-electron chi connectivity index (χ4n) is 11.4. The maximum Gasteiger partial charge on any atom is 0.166 e. The summed E-state index contributed by atoms with van der Waals surface area (Å²) in [5.41, 5.74) is 17.6. The van der Waals surface area contributed by atoms with Crippen molar-refractivity contribution in [1.82, 2.24) is 24.1 Å². The van der Waals surface area contributed by atoms with E-state index in [1.165, 1.54) is 0 Å². The highest BCUT2D eigenvalue weighted by Crippen LogP contribution is 2.44. The average molecular weight is 1020 g/mol. The van der Waals surface area contributed by atoms with Crippen LogP contribution in [0.4, 0.5) is 0 Å². The van der Waals surface area contributed by atoms with Gasteiger partial charge in [0.25, 0.3) is 0 Å². The molecule has 0 bridgehead atoms. The highest BCUT2D eigenvalue weighted by atomic mass is 15.1. The van der Waals surface area contributed by atoms with Crippen molar-refractivity contribution >= 4 is 43.6 Å². The molecular formula is C72H42N8. The predicted molar refractivity (Wildman–Crippen MR) is 321 cm³/mol. The van der Waals surface area contributed by atoms with Crippen LogP contribution in [0.5, 0.6) is 0 Å². The van der Waals surface area contributed by atoms with Crippen molar-refractivity contribution in [2.45, 2.75) is 0 Å². The van der Waals surface area contributed by atoms with Crippen molar-refractivity contribution < 1.29 is 0 Å². The molecule has 80 heavy (non-hydrogen) atoms. The third-order valence-corrected chi connectivity index (χ3v) is 15.1. The molecule has 0 N–H and O–H groups in total. The largest absolute Gasteiger partial charge is 0.309 e. The number of aromatic nitrogens is 5. The first kappa shape index (κ1) is 47.0. The van der Waals surface area contributed by atoms with Crippen molar-refractivity contribution in [3.05, 3.63) is 271 Å². The summed E-state index contributed by atoms with van der Waals surface area (Å²) < 4.78 is 4.65. The van der Waals surface area contributed by atoms with Crippen molar-refractivity contribution in [1.29, 1.82) is 15.8 Å². The molecule has 8 heteroatoms. The molecule has 0 atom stereocenters. The van der Waals surface area contributed by atoms with Crippen LogP contribution >= 0.6 is 0 Å². The minimum Gasteiger partial charge on any atom is -0.309 e. The van der Waals surface area contributed by atoms with E-state index < -0.39 is 0 Å². The predicted octanol–water partition coefficient (Wildman–Crippen LogP) is 17.3. The van der Waals surface area contributed by atoms with Gasteiger partial charge >= 0.3 is 0 Å². The number of nitrogens with zero attached hydrogens (tertiary/aromatic N) is 8. The molecule has 0 unspecified atom stereocenters. The molecule has 370 valence electrons. The zero-order valence-electron chi connectivity index (χ0n) is 42.8. The van der Waals surface area contributed by atoms with Crippen molar-refractivity contribution in [2.75, 3.05) is 0 Å². The number of para-hydroxylation sites is 2. The van der Waals surface area contributed by atoms with Gasteiger partial charge in [-0.05, 0) is 124 Å². The molecule has 11 aromatic carbocycles. The van der Waals surface area contributed by atoms with Gasteiger partial charge in [-0.15, -0.1) is 0 Å². The number of benzene rings is 11. The van der Waals surface area contributed by atoms with E-state index in [0.717, 1.165) is 116 Å². The lowest BCUT2D eigenvalue weighted by Crippen LogP contribution is -2.04. The van der Waals surface area contributed by atoms with Gasteiger partial charge < -0.3 is 9.13 Å². The van der Waals surface area contributed by atoms with Gasteiger partial charge in [0.1, 0.15) is 0 Å². The van der Waals surface area contributed by atoms with Crippen molar-refractivity contribution in [3.63, 3.8) is 0 Å². The topological polar surface area (TPSA) is 120 Å². The van der Waals surface area contributed by atoms with E-state index in [4.69, 9.17) is 15.0 Å². The van der Waals surface area contributed by atoms with E-state index in [0.29, 0.717) is 34.2 Å². The van der Waals surface area contributed by atoms with Crippen LogP contribution in [0.15, 0.2) is 255 Å². The first-order valence-electron chi connectivity index (χ1n) is 26.3. The molecule has 3 heterocycles. The lowest BCUT2D eigenvalue weighted by molar-refractivity contribution is 1.06. The van der Waals surface area contributed by atoms with Crippen LogP contribution in [-0.2, 0) is 0 Å². The Labute approximate surface area is 460 Å². The number of hydrogen-bond acceptors (Lipinski definition) is 6. The van der Waals surface area contributed by atoms with Crippen LogP contribution in [-0.4, -0.2) is 24.1 Å². The lowest BCUT2D eigenvalue weighted by atomic mass is 9.94. The summed E-state index contributed by atoms with van der Waals surface area (Å²) in [5.74, 6) is 1.57. The summed E-state index contributed by atoms with van der Waals surface area (Å²) in [7, 11) is 0. The second-order valence-electron chi connectivity index (χ2n) is 19.7. The van der Waals surface area contributed by atoms with Crippen LogP contribution in [0.2, 0.25) is 0 Å². The zero-order chi connectivity index (χ0) is 53.7. The molecule has 8 nitrogen and oxygen atoms in total. The van der Waals surface area contributed by atoms with Gasteiger partial charge in [0, 0.05) is 43.8 Å². The number of hydrogen-bond donors (Lipinski definition) is 0. The van der Waals surface area contributed by atoms with E-state index in [-0.39, 0.29) is 0 Å². The Kier molecular flexibility index (Phi) is 11.5. The van der Waals surface area contributed by atoms with E-state index in [1.807, 2.05) is 133 Å². The van der Waals surface area contributed by atoms with Crippen molar-refractivity contribution in [3.8, 4) is 108 Å². The van der Waals surface area contributed by atoms with E-state index in [2.05, 4.69) is 149 Å². The molecule has 0 aliphatic carbocycles. The number of nitriles is 3. The minimum atomic E-state index is 0.492. The zero-order valence-corrected chi connectivity index (χ0v) is 42.8. The van der Waals surface area contributed by atoms with Crippen LogP contribution < -0.4 is 0 Å². The second-order valence-corrected chi connectivity index (χ2v) is 19.7. The van der Waals surface area contributed by atoms with Gasteiger partial charge in [-0.25, -0.2) is 15.0 Å². The summed E-state index contributed by atoms with van der Waals surface area (Å²) in [6.07, 6.45) is 0. The van der Waals surface area contributed by atoms with Crippen LogP contribution in [0.25, 0.3) is 134 Å². The Bertz CT molecular complexity index is 4860. The molecule has 0 aliphatic rings. The van der Waals surface area contributed by atoms with Crippen LogP contribution in [0.1, 0.15) is 16.7 Å². The first-order valence-corrected chi connectivity index (χ1v) is 26.3. The molecule has 0 saturated carbocycles. The highest BCUT2D eigenvalue weighted by Gasteiger charge is 2.24. The molecule has 14 rings (SSSR count). The van der Waals surface area contributed by atoms with Gasteiger partial charge in [0.2, 0.25) is 0 Å². The number of rotatable bonds is 9. The average Bonchev–Trinajstić information content (AvgIpc) is 4.16. The molecule has 0 spiro atoms. The molecule has 0 radical (unpaired) electrons. The fourth-order valence-corrected chi connectivity index (χ4v) is 11.4. The van der Waals surface area contributed by atoms with Gasteiger partial charge in [-0.2, -0.15) is 15.8 Å². The minimum absolute atomic E-state index is 0.492. The third-order valence-electron chi connectivity index (χ3n) is 15.1. The molecule has 3 aromatic heterocycles. The summed E-state index contributed by atoms with van der Waals surface area (Å²) in [4.78, 5) is 15.9. The molecule has 0 amide bonds. The maximum absolute atomic E-state index is 10.2. The monoisotopic (exact) mass is 1020 g/mol. The fraction of sp³-hybridized carbons (Fsp3) is 0. The van der Waals surface area contributed by atoms with Gasteiger partial charge in [0.15, 0.2) is 17.5 Å². The number of fused-ring (bicyclic) bond motifs is 6. The Morgan fingerprint density at radius 1 is 0.263 bits per heavy atom. The molecular weight excluding hydrogens is 977 g/mol. The summed E-state index contributed by atoms with van der Waals surface area (Å²) in [5, 5.41) is 34.3. The maximum atomic E-state index is 10.2. The van der Waals surface area contributed by atoms with Crippen LogP contribution in [0.3, 0.4) is 0 Å². The van der Waals surface area contributed by atoms with Gasteiger partial charge in [-0.3, -0.25) is 0 Å². The quantitative estimate of drug-likeness (QED) is 0.142. The van der Waals surface area contributed by atoms with Crippen LogP contribution in [0, 0.1) is 34.0 Å². The standard InChI is InChI=1S/C72H42N8/c73-43-46-27-29-47(30-28-46)50-31-35-66(79-64-25-13-11-23-58(64)61-40-51(32-36-67(61)79)56-21-9-7-19-54(56)44-74)60(39-50)53-34-38-69(63(42-53)72-77-70(48-15-3-1-4-16-48)76-71(78-72)49-17-5-2-6-18-49)80-65-26-14-12-24-59(65)62-41-52(33-37-68(62)80)57-22-10-8-20-55(57)45-75/h1-42H. The molecule has 0 saturated heterocycles. The Hall–Kier alpha value is -11.5. The Morgan fingerprint density at radius 2 is 0.662 bits per heavy atom. The Morgan fingerprint density at radius 3 is 1.19 bits per heavy atom. The smallest absolute Gasteiger partial charge is 0.166 e. The van der Waals surface area contributed by atoms with E-state index in [1.54, 1.807) is 0 Å². The van der Waals surface area contributed by atoms with Gasteiger partial charge in [0.05, 0.1) is 68.3 Å². The Balaban J connectivity index is 1.06. The normalized spacial score (nSPS) is 11.2. The van der Waals surface area contributed by atoms with Gasteiger partial charge in [-0.1, -0.05) is 170 Å². The first-order chi connectivity index (χ1) is 39.5. The van der Waals surface area contributed by atoms with E-state index in [9.17, 15) is 15.8 Å². The summed E-state index contributed by atoms with van der Waals surface area (Å²) in [6, 6.07) is 93.4. The second kappa shape index (κ2) is 19.6. The lowest BCUT2D eigenvalue weighted by Gasteiger charge is -2.19. The summed E-state index contributed by atoms with van der Waals surface area (Å²) in [6.45, 7) is 0. The molecule has 14 aromatic rings. The molecule has 0 aliphatic heterocycles. The van der Waals surface area contributed by atoms with Crippen molar-refractivity contribution in [2.24, 2.45) is 0 Å². The highest BCUT2D eigenvalue weighted by molar-refractivity contribution is 6.12. The molecule has 0 fully saturated rings. The third kappa shape index (κ3) is 8.03. The van der Waals surface area contributed by atoms with E-state index >= 15 is 0 Å².